The number of esters is 2. The van der Waals surface area contributed by atoms with E-state index in [1.807, 2.05) is 0 Å². The number of aryl methyl sites for hydroxylation is 1. The summed E-state index contributed by atoms with van der Waals surface area (Å²) in [5.41, 5.74) is 0.783. The number of benzene rings is 2. The van der Waals surface area contributed by atoms with Crippen molar-refractivity contribution in [3.05, 3.63) is 53.6 Å². The lowest BCUT2D eigenvalue weighted by molar-refractivity contribution is -0.149. The Hall–Kier alpha value is -3.07. The molecule has 0 unspecified atom stereocenters. The molecule has 9 heteroatoms. The molecule has 0 aromatic heterocycles. The van der Waals surface area contributed by atoms with E-state index in [0.717, 1.165) is 0 Å². The van der Waals surface area contributed by atoms with E-state index in [0.29, 0.717) is 11.3 Å². The van der Waals surface area contributed by atoms with Crippen LogP contribution in [-0.4, -0.2) is 40.7 Å². The summed E-state index contributed by atoms with van der Waals surface area (Å²) in [7, 11) is -1.40. The van der Waals surface area contributed by atoms with Crippen LogP contribution in [0, 0.1) is 6.92 Å². The van der Waals surface area contributed by atoms with E-state index in [9.17, 15) is 18.0 Å². The number of methoxy groups -OCH3 is 2. The molecule has 0 radical (unpaired) electrons. The Morgan fingerprint density at radius 1 is 1.07 bits per heavy atom. The highest BCUT2D eigenvalue weighted by Gasteiger charge is 2.23. The molecule has 150 valence electrons. The maximum absolute atomic E-state index is 12.7. The summed E-state index contributed by atoms with van der Waals surface area (Å²) in [6.07, 6.45) is -1.12. The number of anilines is 1. The highest BCUT2D eigenvalue weighted by atomic mass is 32.2. The van der Waals surface area contributed by atoms with Crippen molar-refractivity contribution in [1.29, 1.82) is 0 Å². The third-order valence-corrected chi connectivity index (χ3v) is 5.27. The number of hydrogen-bond acceptors (Lipinski definition) is 7. The first-order valence-corrected chi connectivity index (χ1v) is 9.73. The maximum Gasteiger partial charge on any atom is 0.346 e. The minimum Gasteiger partial charge on any atom is -0.495 e. The van der Waals surface area contributed by atoms with Crippen LogP contribution in [0.3, 0.4) is 0 Å². The second-order valence-corrected chi connectivity index (χ2v) is 7.54. The molecular formula is C19H21NO7S. The quantitative estimate of drug-likeness (QED) is 0.703. The lowest BCUT2D eigenvalue weighted by Crippen LogP contribution is -2.26. The number of sulfonamides is 1. The molecule has 2 aromatic rings. The number of para-hydroxylation sites is 2. The second kappa shape index (κ2) is 8.75. The first-order valence-electron chi connectivity index (χ1n) is 8.25. The molecule has 1 N–H and O–H groups in total. The predicted molar refractivity (Wildman–Crippen MR) is 102 cm³/mol. The van der Waals surface area contributed by atoms with Gasteiger partial charge >= 0.3 is 11.9 Å². The lowest BCUT2D eigenvalue weighted by atomic mass is 10.1. The number of nitrogens with one attached hydrogen (secondary N) is 1. The molecule has 1 atom stereocenters. The molecule has 0 fully saturated rings. The van der Waals surface area contributed by atoms with Crippen molar-refractivity contribution >= 4 is 27.6 Å². The van der Waals surface area contributed by atoms with Crippen molar-refractivity contribution in [2.45, 2.75) is 24.8 Å². The molecule has 28 heavy (non-hydrogen) atoms. The third kappa shape index (κ3) is 4.80. The normalized spacial score (nSPS) is 12.0. The summed E-state index contributed by atoms with van der Waals surface area (Å²) in [5.74, 6) is -1.19. The van der Waals surface area contributed by atoms with Gasteiger partial charge in [0.25, 0.3) is 10.0 Å². The van der Waals surface area contributed by atoms with Gasteiger partial charge in [-0.2, -0.15) is 0 Å². The van der Waals surface area contributed by atoms with Gasteiger partial charge in [-0.1, -0.05) is 18.2 Å². The van der Waals surface area contributed by atoms with Gasteiger partial charge in [-0.15, -0.1) is 0 Å². The zero-order valence-electron chi connectivity index (χ0n) is 15.9. The summed E-state index contributed by atoms with van der Waals surface area (Å²) in [6.45, 7) is 2.99. The van der Waals surface area contributed by atoms with Crippen molar-refractivity contribution in [3.63, 3.8) is 0 Å². The van der Waals surface area contributed by atoms with Gasteiger partial charge in [0.1, 0.15) is 5.75 Å². The van der Waals surface area contributed by atoms with E-state index in [4.69, 9.17) is 9.47 Å². The number of rotatable bonds is 7. The minimum atomic E-state index is -4.00. The molecule has 0 aliphatic heterocycles. The summed E-state index contributed by atoms with van der Waals surface area (Å²) < 4.78 is 42.6. The number of ether oxygens (including phenoxy) is 3. The van der Waals surface area contributed by atoms with Gasteiger partial charge in [0, 0.05) is 0 Å². The van der Waals surface area contributed by atoms with Crippen LogP contribution >= 0.6 is 0 Å². The summed E-state index contributed by atoms with van der Waals surface area (Å²) >= 11 is 0. The van der Waals surface area contributed by atoms with Crippen LogP contribution in [0.15, 0.2) is 47.4 Å². The van der Waals surface area contributed by atoms with E-state index < -0.39 is 28.1 Å². The Balaban J connectivity index is 2.33. The highest BCUT2D eigenvalue weighted by Crippen LogP contribution is 2.27. The first-order chi connectivity index (χ1) is 13.2. The van der Waals surface area contributed by atoms with Crippen LogP contribution in [0.25, 0.3) is 0 Å². The van der Waals surface area contributed by atoms with Crippen molar-refractivity contribution in [2.75, 3.05) is 18.9 Å². The fourth-order valence-electron chi connectivity index (χ4n) is 2.36. The van der Waals surface area contributed by atoms with Gasteiger partial charge < -0.3 is 14.2 Å². The first kappa shape index (κ1) is 21.2. The fourth-order valence-corrected chi connectivity index (χ4v) is 3.46. The molecule has 0 aliphatic carbocycles. The van der Waals surface area contributed by atoms with Gasteiger partial charge in [0.15, 0.2) is 6.10 Å². The van der Waals surface area contributed by atoms with Crippen LogP contribution in [0.5, 0.6) is 5.75 Å². The molecule has 0 bridgehead atoms. The summed E-state index contributed by atoms with van der Waals surface area (Å²) in [4.78, 5) is 23.7. The van der Waals surface area contributed by atoms with Gasteiger partial charge in [-0.05, 0) is 43.7 Å². The van der Waals surface area contributed by atoms with Crippen LogP contribution in [-0.2, 0) is 24.3 Å². The van der Waals surface area contributed by atoms with Gasteiger partial charge in [-0.3, -0.25) is 4.72 Å². The predicted octanol–water partition coefficient (Wildman–Crippen LogP) is 2.52. The Kier molecular flexibility index (Phi) is 6.63. The van der Waals surface area contributed by atoms with Crippen molar-refractivity contribution in [1.82, 2.24) is 0 Å². The highest BCUT2D eigenvalue weighted by molar-refractivity contribution is 7.92. The van der Waals surface area contributed by atoms with Gasteiger partial charge in [0.2, 0.25) is 0 Å². The minimum absolute atomic E-state index is 0.0265. The maximum atomic E-state index is 12.7. The number of carbonyl (C=O) groups excluding carboxylic acids is 2. The van der Waals surface area contributed by atoms with E-state index in [1.165, 1.54) is 39.3 Å². The molecule has 8 nitrogen and oxygen atoms in total. The van der Waals surface area contributed by atoms with Crippen LogP contribution in [0.2, 0.25) is 0 Å². The number of hydrogen-bond donors (Lipinski definition) is 1. The van der Waals surface area contributed by atoms with Crippen molar-refractivity contribution in [2.24, 2.45) is 0 Å². The lowest BCUT2D eigenvalue weighted by Gasteiger charge is -2.14. The second-order valence-electron chi connectivity index (χ2n) is 5.85. The molecule has 0 saturated heterocycles. The standard InChI is InChI=1S/C19H21NO7S/c1-12-9-10-14(11-15(12)19(22)27-13(2)18(21)26-4)28(23,24)20-16-7-5-6-8-17(16)25-3/h5-11,13,20H,1-4H3/t13-/m0/s1. The largest absolute Gasteiger partial charge is 0.495 e. The Labute approximate surface area is 163 Å². The van der Waals surface area contributed by atoms with Crippen LogP contribution < -0.4 is 9.46 Å². The molecular weight excluding hydrogens is 386 g/mol. The molecule has 0 amide bonds. The molecule has 0 heterocycles. The Morgan fingerprint density at radius 3 is 2.39 bits per heavy atom. The molecule has 0 aliphatic rings. The van der Waals surface area contributed by atoms with Crippen molar-refractivity contribution in [3.8, 4) is 5.75 Å². The van der Waals surface area contributed by atoms with Crippen LogP contribution in [0.1, 0.15) is 22.8 Å². The molecule has 2 rings (SSSR count). The molecule has 0 spiro atoms. The zero-order chi connectivity index (χ0) is 20.9. The Morgan fingerprint density at radius 2 is 1.75 bits per heavy atom. The smallest absolute Gasteiger partial charge is 0.346 e. The zero-order valence-corrected chi connectivity index (χ0v) is 16.7. The van der Waals surface area contributed by atoms with E-state index in [1.54, 1.807) is 31.2 Å². The van der Waals surface area contributed by atoms with E-state index in [2.05, 4.69) is 9.46 Å². The monoisotopic (exact) mass is 407 g/mol. The number of carbonyl (C=O) groups is 2. The van der Waals surface area contributed by atoms with E-state index in [-0.39, 0.29) is 16.1 Å². The Bertz CT molecular complexity index is 986. The molecule has 2 aromatic carbocycles. The van der Waals surface area contributed by atoms with Crippen LogP contribution in [0.4, 0.5) is 5.69 Å². The van der Waals surface area contributed by atoms with Crippen molar-refractivity contribution < 1.29 is 32.2 Å². The van der Waals surface area contributed by atoms with Gasteiger partial charge in [0.05, 0.1) is 30.4 Å². The fraction of sp³-hybridized carbons (Fsp3) is 0.263. The van der Waals surface area contributed by atoms with Gasteiger partial charge in [-0.25, -0.2) is 18.0 Å². The average Bonchev–Trinajstić information content (AvgIpc) is 2.67. The van der Waals surface area contributed by atoms with E-state index >= 15 is 0 Å². The average molecular weight is 407 g/mol. The SMILES string of the molecule is COC(=O)[C@H](C)OC(=O)c1cc(S(=O)(=O)Nc2ccccc2OC)ccc1C. The third-order valence-electron chi connectivity index (χ3n) is 3.91. The summed E-state index contributed by atoms with van der Waals surface area (Å²) in [5, 5.41) is 0. The summed E-state index contributed by atoms with van der Waals surface area (Å²) in [6, 6.07) is 10.6. The molecule has 0 saturated carbocycles. The topological polar surface area (TPSA) is 108 Å².